The van der Waals surface area contributed by atoms with Crippen molar-refractivity contribution in [2.75, 3.05) is 56.1 Å². The van der Waals surface area contributed by atoms with Crippen LogP contribution in [0.3, 0.4) is 0 Å². The lowest BCUT2D eigenvalue weighted by Gasteiger charge is -2.30. The molecule has 0 unspecified atom stereocenters. The fourth-order valence-electron chi connectivity index (χ4n) is 3.42. The fourth-order valence-corrected chi connectivity index (χ4v) is 4.54. The molecule has 10 heteroatoms. The van der Waals surface area contributed by atoms with Gasteiger partial charge in [-0.05, 0) is 49.6 Å². The first kappa shape index (κ1) is 24.0. The van der Waals surface area contributed by atoms with Crippen LogP contribution in [-0.2, 0) is 14.8 Å². The summed E-state index contributed by atoms with van der Waals surface area (Å²) in [5, 5.41) is 6.15. The minimum atomic E-state index is -3.82. The van der Waals surface area contributed by atoms with Gasteiger partial charge in [0.15, 0.2) is 0 Å². The van der Waals surface area contributed by atoms with Gasteiger partial charge in [-0.25, -0.2) is 13.4 Å². The molecule has 0 radical (unpaired) electrons. The lowest BCUT2D eigenvalue weighted by atomic mass is 10.1. The van der Waals surface area contributed by atoms with Crippen LogP contribution in [0.25, 0.3) is 0 Å². The summed E-state index contributed by atoms with van der Waals surface area (Å²) < 4.78 is 33.4. The molecule has 9 nitrogen and oxygen atoms in total. The van der Waals surface area contributed by atoms with Crippen molar-refractivity contribution >= 4 is 27.4 Å². The number of carbonyl (C=O) groups excluding carboxylic acids is 1. The van der Waals surface area contributed by atoms with Crippen LogP contribution in [0.2, 0.25) is 0 Å². The number of methoxy groups -OCH3 is 1. The van der Waals surface area contributed by atoms with Crippen LogP contribution in [0, 0.1) is 13.8 Å². The van der Waals surface area contributed by atoms with E-state index < -0.39 is 10.0 Å². The Kier molecular flexibility index (Phi) is 8.05. The number of nitrogens with zero attached hydrogens (tertiary/aromatic N) is 2. The van der Waals surface area contributed by atoms with E-state index in [1.807, 2.05) is 18.7 Å². The van der Waals surface area contributed by atoms with Crippen molar-refractivity contribution in [3.8, 4) is 0 Å². The van der Waals surface area contributed by atoms with E-state index in [0.717, 1.165) is 24.2 Å². The number of benzene rings is 1. The summed E-state index contributed by atoms with van der Waals surface area (Å²) in [5.74, 6) is 0.249. The summed E-state index contributed by atoms with van der Waals surface area (Å²) in [5.41, 5.74) is 2.48. The predicted octanol–water partition coefficient (Wildman–Crippen LogP) is 1.68. The molecule has 3 N–H and O–H groups in total. The van der Waals surface area contributed by atoms with Crippen molar-refractivity contribution in [3.63, 3.8) is 0 Å². The van der Waals surface area contributed by atoms with Gasteiger partial charge in [0.05, 0.1) is 22.3 Å². The summed E-state index contributed by atoms with van der Waals surface area (Å²) in [7, 11) is -2.21. The van der Waals surface area contributed by atoms with Gasteiger partial charge in [-0.3, -0.25) is 9.52 Å². The summed E-state index contributed by atoms with van der Waals surface area (Å²) in [4.78, 5) is 19.6. The molecule has 174 valence electrons. The number of piperazine rings is 1. The van der Waals surface area contributed by atoms with Gasteiger partial charge in [-0.2, -0.15) is 0 Å². The van der Waals surface area contributed by atoms with Crippen LogP contribution in [0.5, 0.6) is 0 Å². The molecule has 0 spiro atoms. The molecule has 1 aromatic heterocycles. The van der Waals surface area contributed by atoms with E-state index in [2.05, 4.69) is 20.3 Å². The largest absolute Gasteiger partial charge is 0.385 e. The van der Waals surface area contributed by atoms with Crippen molar-refractivity contribution in [1.82, 2.24) is 15.6 Å². The van der Waals surface area contributed by atoms with E-state index in [9.17, 15) is 13.2 Å². The van der Waals surface area contributed by atoms with E-state index >= 15 is 0 Å². The Morgan fingerprint density at radius 3 is 2.62 bits per heavy atom. The van der Waals surface area contributed by atoms with Gasteiger partial charge in [-0.15, -0.1) is 0 Å². The number of sulfonamides is 1. The minimum Gasteiger partial charge on any atom is -0.385 e. The lowest BCUT2D eigenvalue weighted by Crippen LogP contribution is -2.44. The zero-order valence-electron chi connectivity index (χ0n) is 18.8. The molecular weight excluding hydrogens is 430 g/mol. The molecule has 0 bridgehead atoms. The highest BCUT2D eigenvalue weighted by Gasteiger charge is 2.22. The van der Waals surface area contributed by atoms with Crippen molar-refractivity contribution in [2.24, 2.45) is 0 Å². The molecule has 2 aromatic rings. The van der Waals surface area contributed by atoms with Gasteiger partial charge in [0.1, 0.15) is 5.82 Å². The molecule has 0 aliphatic carbocycles. The number of anilines is 2. The molecule has 2 heterocycles. The molecule has 0 atom stereocenters. The van der Waals surface area contributed by atoms with Crippen molar-refractivity contribution in [3.05, 3.63) is 47.2 Å². The van der Waals surface area contributed by atoms with E-state index in [-0.39, 0.29) is 16.5 Å². The Morgan fingerprint density at radius 2 is 1.94 bits per heavy atom. The van der Waals surface area contributed by atoms with E-state index in [0.29, 0.717) is 44.0 Å². The van der Waals surface area contributed by atoms with Gasteiger partial charge < -0.3 is 20.3 Å². The molecule has 32 heavy (non-hydrogen) atoms. The third kappa shape index (κ3) is 5.96. The minimum absolute atomic E-state index is 0.164. The van der Waals surface area contributed by atoms with Crippen LogP contribution in [-0.4, -0.2) is 65.7 Å². The van der Waals surface area contributed by atoms with Gasteiger partial charge in [0.2, 0.25) is 0 Å². The zero-order chi connectivity index (χ0) is 23.1. The maximum atomic E-state index is 12.9. The Balaban J connectivity index is 1.87. The van der Waals surface area contributed by atoms with Gasteiger partial charge in [0, 0.05) is 46.4 Å². The van der Waals surface area contributed by atoms with Crippen molar-refractivity contribution < 1.29 is 17.9 Å². The predicted molar refractivity (Wildman–Crippen MR) is 125 cm³/mol. The second-order valence-corrected chi connectivity index (χ2v) is 9.47. The average molecular weight is 462 g/mol. The van der Waals surface area contributed by atoms with E-state index in [4.69, 9.17) is 4.74 Å². The van der Waals surface area contributed by atoms with Crippen LogP contribution < -0.4 is 20.3 Å². The smallest absolute Gasteiger partial charge is 0.261 e. The number of nitrogens with one attached hydrogen (secondary N) is 3. The van der Waals surface area contributed by atoms with Crippen LogP contribution >= 0.6 is 0 Å². The second-order valence-electron chi connectivity index (χ2n) is 7.79. The molecule has 1 saturated heterocycles. The normalized spacial score (nSPS) is 14.3. The van der Waals surface area contributed by atoms with Crippen LogP contribution in [0.15, 0.2) is 35.4 Å². The number of aromatic nitrogens is 1. The average Bonchev–Trinajstić information content (AvgIpc) is 2.78. The standard InChI is InChI=1S/C22H31N5O4S/c1-16-5-6-19(13-17(16)2)32(29,30)26-18-14-20(22(28)24-7-4-12-31-3)21(25-15-18)27-10-8-23-9-11-27/h5-6,13-15,23,26H,4,7-12H2,1-3H3,(H,24,28). The molecular formula is C22H31N5O4S. The SMILES string of the molecule is COCCCNC(=O)c1cc(NS(=O)(=O)c2ccc(C)c(C)c2)cnc1N1CCNCC1. The van der Waals surface area contributed by atoms with E-state index in [1.54, 1.807) is 31.4 Å². The Labute approximate surface area is 189 Å². The molecule has 1 aliphatic rings. The molecule has 1 aliphatic heterocycles. The summed E-state index contributed by atoms with van der Waals surface area (Å²) in [6.45, 7) is 7.79. The van der Waals surface area contributed by atoms with E-state index in [1.165, 1.54) is 6.20 Å². The summed E-state index contributed by atoms with van der Waals surface area (Å²) in [6.07, 6.45) is 2.13. The van der Waals surface area contributed by atoms with Gasteiger partial charge in [0.25, 0.3) is 15.9 Å². The highest BCUT2D eigenvalue weighted by molar-refractivity contribution is 7.92. The number of hydrogen-bond acceptors (Lipinski definition) is 7. The number of ether oxygens (including phenoxy) is 1. The Morgan fingerprint density at radius 1 is 1.19 bits per heavy atom. The molecule has 1 aromatic carbocycles. The summed E-state index contributed by atoms with van der Waals surface area (Å²) in [6, 6.07) is 6.52. The highest BCUT2D eigenvalue weighted by atomic mass is 32.2. The number of aryl methyl sites for hydroxylation is 2. The van der Waals surface area contributed by atoms with Gasteiger partial charge in [-0.1, -0.05) is 6.07 Å². The Bertz CT molecular complexity index is 1050. The second kappa shape index (κ2) is 10.8. The van der Waals surface area contributed by atoms with Crippen molar-refractivity contribution in [2.45, 2.75) is 25.2 Å². The number of carbonyl (C=O) groups is 1. The number of pyridine rings is 1. The number of rotatable bonds is 9. The zero-order valence-corrected chi connectivity index (χ0v) is 19.6. The molecule has 1 amide bonds. The Hall–Kier alpha value is -2.69. The molecule has 1 fully saturated rings. The third-order valence-corrected chi connectivity index (χ3v) is 6.76. The first-order chi connectivity index (χ1) is 15.3. The summed E-state index contributed by atoms with van der Waals surface area (Å²) >= 11 is 0. The molecule has 3 rings (SSSR count). The number of hydrogen-bond donors (Lipinski definition) is 3. The first-order valence-electron chi connectivity index (χ1n) is 10.6. The van der Waals surface area contributed by atoms with Crippen LogP contribution in [0.4, 0.5) is 11.5 Å². The maximum Gasteiger partial charge on any atom is 0.261 e. The molecule has 0 saturated carbocycles. The highest BCUT2D eigenvalue weighted by Crippen LogP contribution is 2.24. The first-order valence-corrected chi connectivity index (χ1v) is 12.1. The topological polar surface area (TPSA) is 113 Å². The lowest BCUT2D eigenvalue weighted by molar-refractivity contribution is 0.0948. The van der Waals surface area contributed by atoms with Gasteiger partial charge >= 0.3 is 0 Å². The van der Waals surface area contributed by atoms with Crippen LogP contribution in [0.1, 0.15) is 27.9 Å². The fraction of sp³-hybridized carbons (Fsp3) is 0.455. The maximum absolute atomic E-state index is 12.9. The van der Waals surface area contributed by atoms with Crippen molar-refractivity contribution in [1.29, 1.82) is 0 Å². The quantitative estimate of drug-likeness (QED) is 0.487. The monoisotopic (exact) mass is 461 g/mol. The third-order valence-electron chi connectivity index (χ3n) is 5.38. The number of amides is 1.